The van der Waals surface area contributed by atoms with Crippen LogP contribution in [0.4, 0.5) is 0 Å². The summed E-state index contributed by atoms with van der Waals surface area (Å²) in [5, 5.41) is 9.10. The molecule has 0 saturated carbocycles. The molecular formula is C12H14BrNO5S. The minimum Gasteiger partial charge on any atom is -0.496 e. The molecule has 20 heavy (non-hydrogen) atoms. The first-order chi connectivity index (χ1) is 9.37. The highest BCUT2D eigenvalue weighted by Crippen LogP contribution is 2.31. The predicted molar refractivity (Wildman–Crippen MR) is 75.2 cm³/mol. The van der Waals surface area contributed by atoms with Crippen LogP contribution < -0.4 is 4.74 Å². The second kappa shape index (κ2) is 5.71. The molecule has 8 heteroatoms. The number of carboxylic acids is 1. The topological polar surface area (TPSA) is 83.9 Å². The van der Waals surface area contributed by atoms with Gasteiger partial charge < -0.3 is 9.84 Å². The largest absolute Gasteiger partial charge is 0.496 e. The van der Waals surface area contributed by atoms with Gasteiger partial charge in [-0.25, -0.2) is 8.42 Å². The number of benzene rings is 1. The number of methoxy groups -OCH3 is 1. The van der Waals surface area contributed by atoms with Crippen molar-refractivity contribution in [3.8, 4) is 5.75 Å². The molecule has 0 spiro atoms. The number of rotatable bonds is 4. The molecule has 1 N–H and O–H groups in total. The fourth-order valence-electron chi connectivity index (χ4n) is 2.21. The summed E-state index contributed by atoms with van der Waals surface area (Å²) >= 11 is 3.25. The Balaban J connectivity index is 2.42. The molecule has 0 radical (unpaired) electrons. The van der Waals surface area contributed by atoms with Gasteiger partial charge in [-0.2, -0.15) is 4.31 Å². The van der Waals surface area contributed by atoms with E-state index in [9.17, 15) is 13.2 Å². The first-order valence-electron chi connectivity index (χ1n) is 5.96. The summed E-state index contributed by atoms with van der Waals surface area (Å²) in [7, 11) is -2.39. The number of hydrogen-bond acceptors (Lipinski definition) is 4. The van der Waals surface area contributed by atoms with Gasteiger partial charge in [0, 0.05) is 12.6 Å². The number of carboxylic acid groups (broad SMARTS) is 1. The fraction of sp³-hybridized carbons (Fsp3) is 0.417. The Morgan fingerprint density at radius 2 is 2.20 bits per heavy atom. The van der Waals surface area contributed by atoms with Crippen molar-refractivity contribution in [1.29, 1.82) is 0 Å². The van der Waals surface area contributed by atoms with E-state index in [1.54, 1.807) is 6.07 Å². The zero-order chi connectivity index (χ0) is 14.9. The van der Waals surface area contributed by atoms with Crippen LogP contribution in [-0.2, 0) is 14.8 Å². The Morgan fingerprint density at radius 3 is 2.80 bits per heavy atom. The average molecular weight is 364 g/mol. The van der Waals surface area contributed by atoms with Gasteiger partial charge in [0.2, 0.25) is 10.0 Å². The highest BCUT2D eigenvalue weighted by Gasteiger charge is 2.39. The summed E-state index contributed by atoms with van der Waals surface area (Å²) in [5.41, 5.74) is 0. The van der Waals surface area contributed by atoms with Gasteiger partial charge in [-0.05, 0) is 40.9 Å². The lowest BCUT2D eigenvalue weighted by Crippen LogP contribution is -2.40. The minimum absolute atomic E-state index is 0.0331. The number of aliphatic carboxylic acids is 1. The number of hydrogen-bond donors (Lipinski definition) is 1. The van der Waals surface area contributed by atoms with Crippen molar-refractivity contribution in [3.63, 3.8) is 0 Å². The number of nitrogens with zero attached hydrogens (tertiary/aromatic N) is 1. The molecule has 1 aliphatic rings. The number of halogens is 1. The van der Waals surface area contributed by atoms with Gasteiger partial charge in [-0.3, -0.25) is 4.79 Å². The molecule has 1 fully saturated rings. The molecule has 0 aliphatic carbocycles. The summed E-state index contributed by atoms with van der Waals surface area (Å²) in [6, 6.07) is 3.39. The van der Waals surface area contributed by atoms with E-state index in [1.807, 2.05) is 0 Å². The Morgan fingerprint density at radius 1 is 1.50 bits per heavy atom. The van der Waals surface area contributed by atoms with Gasteiger partial charge in [-0.15, -0.1) is 0 Å². The smallest absolute Gasteiger partial charge is 0.322 e. The molecule has 0 aromatic heterocycles. The Hall–Kier alpha value is -1.12. The van der Waals surface area contributed by atoms with Crippen LogP contribution in [0.25, 0.3) is 0 Å². The summed E-state index contributed by atoms with van der Waals surface area (Å²) in [6.45, 7) is 0.220. The third kappa shape index (κ3) is 2.68. The van der Waals surface area contributed by atoms with Crippen LogP contribution in [0.1, 0.15) is 12.8 Å². The normalized spacial score (nSPS) is 20.0. The molecule has 1 aromatic carbocycles. The maximum atomic E-state index is 12.5. The van der Waals surface area contributed by atoms with E-state index in [-0.39, 0.29) is 11.4 Å². The molecule has 1 heterocycles. The lowest BCUT2D eigenvalue weighted by atomic mass is 10.2. The van der Waals surface area contributed by atoms with E-state index < -0.39 is 22.0 Å². The molecule has 6 nitrogen and oxygen atoms in total. The summed E-state index contributed by atoms with van der Waals surface area (Å²) in [4.78, 5) is 11.2. The van der Waals surface area contributed by atoms with Crippen LogP contribution in [0.3, 0.4) is 0 Å². The molecule has 0 bridgehead atoms. The maximum Gasteiger partial charge on any atom is 0.322 e. The van der Waals surface area contributed by atoms with E-state index in [1.165, 1.54) is 19.2 Å². The molecule has 1 aromatic rings. The van der Waals surface area contributed by atoms with Crippen molar-refractivity contribution in [3.05, 3.63) is 22.7 Å². The molecule has 1 atom stereocenters. The van der Waals surface area contributed by atoms with Crippen molar-refractivity contribution in [2.45, 2.75) is 23.8 Å². The SMILES string of the molecule is COc1cc(S(=O)(=O)N2CCCC2C(=O)O)ccc1Br. The van der Waals surface area contributed by atoms with E-state index in [4.69, 9.17) is 9.84 Å². The van der Waals surface area contributed by atoms with Crippen molar-refractivity contribution in [2.24, 2.45) is 0 Å². The lowest BCUT2D eigenvalue weighted by Gasteiger charge is -2.21. The van der Waals surface area contributed by atoms with Crippen molar-refractivity contribution in [1.82, 2.24) is 4.31 Å². The Bertz CT molecular complexity index is 631. The van der Waals surface area contributed by atoms with Crippen molar-refractivity contribution in [2.75, 3.05) is 13.7 Å². The average Bonchev–Trinajstić information content (AvgIpc) is 2.89. The standard InChI is InChI=1S/C12H14BrNO5S/c1-19-11-7-8(4-5-9(11)13)20(17,18)14-6-2-3-10(14)12(15)16/h4-5,7,10H,2-3,6H2,1H3,(H,15,16). The van der Waals surface area contributed by atoms with E-state index >= 15 is 0 Å². The van der Waals surface area contributed by atoms with Gasteiger partial charge in [0.05, 0.1) is 16.5 Å². The summed E-state index contributed by atoms with van der Waals surface area (Å²) in [5.74, 6) is -0.729. The second-order valence-electron chi connectivity index (χ2n) is 4.41. The third-order valence-electron chi connectivity index (χ3n) is 3.22. The van der Waals surface area contributed by atoms with Gasteiger partial charge in [-0.1, -0.05) is 0 Å². The molecule has 1 unspecified atom stereocenters. The predicted octanol–water partition coefficient (Wildman–Crippen LogP) is 1.70. The van der Waals surface area contributed by atoms with Gasteiger partial charge in [0.15, 0.2) is 0 Å². The highest BCUT2D eigenvalue weighted by molar-refractivity contribution is 9.10. The van der Waals surface area contributed by atoms with E-state index in [2.05, 4.69) is 15.9 Å². The van der Waals surface area contributed by atoms with Crippen LogP contribution in [0, 0.1) is 0 Å². The lowest BCUT2D eigenvalue weighted by molar-refractivity contribution is -0.140. The van der Waals surface area contributed by atoms with Gasteiger partial charge in [0.25, 0.3) is 0 Å². The van der Waals surface area contributed by atoms with Gasteiger partial charge >= 0.3 is 5.97 Å². The molecule has 1 aliphatic heterocycles. The molecule has 110 valence electrons. The van der Waals surface area contributed by atoms with Gasteiger partial charge in [0.1, 0.15) is 11.8 Å². The van der Waals surface area contributed by atoms with Crippen molar-refractivity contribution >= 4 is 31.9 Å². The monoisotopic (exact) mass is 363 g/mol. The van der Waals surface area contributed by atoms with Crippen LogP contribution >= 0.6 is 15.9 Å². The quantitative estimate of drug-likeness (QED) is 0.879. The first kappa shape index (κ1) is 15.3. The number of ether oxygens (including phenoxy) is 1. The molecule has 2 rings (SSSR count). The van der Waals surface area contributed by atoms with Crippen LogP contribution in [0.15, 0.2) is 27.6 Å². The van der Waals surface area contributed by atoms with Crippen LogP contribution in [0.5, 0.6) is 5.75 Å². The van der Waals surface area contributed by atoms with E-state index in [0.29, 0.717) is 23.1 Å². The number of carbonyl (C=O) groups is 1. The van der Waals surface area contributed by atoms with Crippen molar-refractivity contribution < 1.29 is 23.1 Å². The first-order valence-corrected chi connectivity index (χ1v) is 8.19. The number of sulfonamides is 1. The highest BCUT2D eigenvalue weighted by atomic mass is 79.9. The molecule has 0 amide bonds. The van der Waals surface area contributed by atoms with Crippen LogP contribution in [-0.4, -0.2) is 43.5 Å². The van der Waals surface area contributed by atoms with E-state index in [0.717, 1.165) is 4.31 Å². The Kier molecular flexibility index (Phi) is 4.36. The summed E-state index contributed by atoms with van der Waals surface area (Å²) < 4.78 is 31.8. The zero-order valence-electron chi connectivity index (χ0n) is 10.7. The minimum atomic E-state index is -3.83. The summed E-state index contributed by atoms with van der Waals surface area (Å²) in [6.07, 6.45) is 0.881. The zero-order valence-corrected chi connectivity index (χ0v) is 13.1. The third-order valence-corrected chi connectivity index (χ3v) is 5.78. The Labute approximate surface area is 125 Å². The fourth-order valence-corrected chi connectivity index (χ4v) is 4.29. The maximum absolute atomic E-state index is 12.5. The second-order valence-corrected chi connectivity index (χ2v) is 7.15. The van der Waals surface area contributed by atoms with Crippen LogP contribution in [0.2, 0.25) is 0 Å². The molecule has 1 saturated heterocycles. The molecular weight excluding hydrogens is 350 g/mol.